The van der Waals surface area contributed by atoms with Gasteiger partial charge in [0.2, 0.25) is 0 Å². The first kappa shape index (κ1) is 13.6. The molecule has 4 nitrogen and oxygen atoms in total. The van der Waals surface area contributed by atoms with E-state index in [9.17, 15) is 9.59 Å². The van der Waals surface area contributed by atoms with E-state index >= 15 is 0 Å². The molecule has 0 aromatic rings. The normalized spacial score (nSPS) is 35.2. The van der Waals surface area contributed by atoms with Gasteiger partial charge in [-0.1, -0.05) is 12.2 Å². The summed E-state index contributed by atoms with van der Waals surface area (Å²) in [4.78, 5) is 25.8. The van der Waals surface area contributed by atoms with Crippen LogP contribution in [0.25, 0.3) is 0 Å². The van der Waals surface area contributed by atoms with Crippen molar-refractivity contribution in [2.45, 2.75) is 56.7 Å². The molecular weight excluding hydrogens is 250 g/mol. The molecule has 0 amide bonds. The molecule has 18 heavy (non-hydrogen) atoms. The van der Waals surface area contributed by atoms with Crippen molar-refractivity contribution in [1.82, 2.24) is 4.90 Å². The van der Waals surface area contributed by atoms with Crippen LogP contribution in [0.4, 0.5) is 0 Å². The minimum atomic E-state index is -0.416. The van der Waals surface area contributed by atoms with Crippen LogP contribution in [0, 0.1) is 0 Å². The number of piperidine rings is 1. The van der Waals surface area contributed by atoms with Crippen molar-refractivity contribution in [2.24, 2.45) is 0 Å². The van der Waals surface area contributed by atoms with Crippen LogP contribution in [0.15, 0.2) is 0 Å². The molecule has 0 spiro atoms. The average molecular weight is 269 g/mol. The third kappa shape index (κ3) is 2.47. The number of aldehydes is 1. The lowest BCUT2D eigenvalue weighted by Crippen LogP contribution is -2.53. The molecular formula is C13H19NO3S. The van der Waals surface area contributed by atoms with Crippen molar-refractivity contribution in [1.29, 1.82) is 0 Å². The van der Waals surface area contributed by atoms with Gasteiger partial charge in [0.05, 0.1) is 12.0 Å². The maximum absolute atomic E-state index is 11.6. The Labute approximate surface area is 113 Å². The topological polar surface area (TPSA) is 46.6 Å². The number of hydrogen-bond acceptors (Lipinski definition) is 5. The number of ether oxygens (including phenoxy) is 1. The van der Waals surface area contributed by atoms with Gasteiger partial charge in [0, 0.05) is 23.7 Å². The molecule has 3 unspecified atom stereocenters. The molecule has 0 radical (unpaired) electrons. The van der Waals surface area contributed by atoms with Gasteiger partial charge in [0.15, 0.2) is 0 Å². The standard InChI is InChI=1S/C13H19NO3S/c1-9(18)5-12(16)17-11-6-10-3-4-13(7-11,8-15)14(10)2/h8,10-11H,3-7H2,1-2H3. The Hall–Kier alpha value is -0.810. The monoisotopic (exact) mass is 269 g/mol. The molecule has 5 heteroatoms. The lowest BCUT2D eigenvalue weighted by molar-refractivity contribution is -0.154. The highest BCUT2D eigenvalue weighted by atomic mass is 32.1. The average Bonchev–Trinajstić information content (AvgIpc) is 2.48. The third-order valence-corrected chi connectivity index (χ3v) is 4.33. The van der Waals surface area contributed by atoms with E-state index in [0.717, 1.165) is 25.5 Å². The molecule has 0 N–H and O–H groups in total. The van der Waals surface area contributed by atoms with Crippen LogP contribution in [-0.4, -0.2) is 46.8 Å². The molecule has 100 valence electrons. The second-order valence-corrected chi connectivity index (χ2v) is 6.15. The second kappa shape index (κ2) is 5.05. The van der Waals surface area contributed by atoms with Crippen LogP contribution < -0.4 is 0 Å². The maximum atomic E-state index is 11.6. The van der Waals surface area contributed by atoms with E-state index in [1.165, 1.54) is 0 Å². The molecule has 2 aliphatic rings. The molecule has 2 heterocycles. The molecule has 2 rings (SSSR count). The van der Waals surface area contributed by atoms with Crippen molar-refractivity contribution in [3.63, 3.8) is 0 Å². The third-order valence-electron chi connectivity index (χ3n) is 4.19. The molecule has 0 aromatic carbocycles. The molecule has 0 aromatic heterocycles. The molecule has 2 fully saturated rings. The quantitative estimate of drug-likeness (QED) is 0.440. The molecule has 2 saturated heterocycles. The number of carbonyl (C=O) groups is 2. The van der Waals surface area contributed by atoms with E-state index in [0.29, 0.717) is 17.3 Å². The zero-order valence-electron chi connectivity index (χ0n) is 10.8. The van der Waals surface area contributed by atoms with E-state index in [2.05, 4.69) is 4.90 Å². The minimum Gasteiger partial charge on any atom is -0.462 e. The SMILES string of the molecule is CC(=S)CC(=O)OC1CC2CCC(C=O)(C1)N2C. The molecule has 3 atom stereocenters. The number of hydrogen-bond donors (Lipinski definition) is 0. The van der Waals surface area contributed by atoms with Crippen molar-refractivity contribution in [3.05, 3.63) is 0 Å². The summed E-state index contributed by atoms with van der Waals surface area (Å²) >= 11 is 4.90. The second-order valence-electron chi connectivity index (χ2n) is 5.46. The zero-order chi connectivity index (χ0) is 13.3. The number of likely N-dealkylation sites (N-methyl/N-ethyl adjacent to an activating group) is 1. The van der Waals surface area contributed by atoms with Gasteiger partial charge in [0.25, 0.3) is 0 Å². The number of fused-ring (bicyclic) bond motifs is 2. The Morgan fingerprint density at radius 2 is 2.33 bits per heavy atom. The van der Waals surface area contributed by atoms with Gasteiger partial charge in [0.1, 0.15) is 12.4 Å². The largest absolute Gasteiger partial charge is 0.462 e. The van der Waals surface area contributed by atoms with E-state index in [4.69, 9.17) is 17.0 Å². The van der Waals surface area contributed by atoms with Crippen LogP contribution in [0.5, 0.6) is 0 Å². The first-order valence-electron chi connectivity index (χ1n) is 6.35. The fourth-order valence-electron chi connectivity index (χ4n) is 3.16. The summed E-state index contributed by atoms with van der Waals surface area (Å²) in [7, 11) is 1.99. The first-order chi connectivity index (χ1) is 8.47. The fraction of sp³-hybridized carbons (Fsp3) is 0.769. The van der Waals surface area contributed by atoms with Crippen LogP contribution in [0.3, 0.4) is 0 Å². The fourth-order valence-corrected chi connectivity index (χ4v) is 3.28. The molecule has 2 bridgehead atoms. The van der Waals surface area contributed by atoms with Crippen LogP contribution in [0.2, 0.25) is 0 Å². The lowest BCUT2D eigenvalue weighted by Gasteiger charge is -2.41. The van der Waals surface area contributed by atoms with E-state index in [1.807, 2.05) is 7.05 Å². The van der Waals surface area contributed by atoms with Gasteiger partial charge in [-0.15, -0.1) is 0 Å². The van der Waals surface area contributed by atoms with E-state index in [-0.39, 0.29) is 18.5 Å². The van der Waals surface area contributed by atoms with Crippen molar-refractivity contribution in [2.75, 3.05) is 7.05 Å². The van der Waals surface area contributed by atoms with Crippen LogP contribution in [-0.2, 0) is 14.3 Å². The number of carbonyl (C=O) groups excluding carboxylic acids is 2. The van der Waals surface area contributed by atoms with Crippen molar-refractivity contribution < 1.29 is 14.3 Å². The number of nitrogens with zero attached hydrogens (tertiary/aromatic N) is 1. The van der Waals surface area contributed by atoms with Crippen molar-refractivity contribution in [3.8, 4) is 0 Å². The smallest absolute Gasteiger partial charge is 0.311 e. The molecule has 0 saturated carbocycles. The predicted molar refractivity (Wildman–Crippen MR) is 71.6 cm³/mol. The Balaban J connectivity index is 1.99. The molecule has 0 aliphatic carbocycles. The highest BCUT2D eigenvalue weighted by molar-refractivity contribution is 7.80. The number of esters is 1. The summed E-state index contributed by atoms with van der Waals surface area (Å²) < 4.78 is 5.45. The van der Waals surface area contributed by atoms with Crippen molar-refractivity contribution >= 4 is 29.3 Å². The van der Waals surface area contributed by atoms with Gasteiger partial charge in [-0.25, -0.2) is 0 Å². The van der Waals surface area contributed by atoms with Gasteiger partial charge < -0.3 is 9.53 Å². The molecule has 2 aliphatic heterocycles. The summed E-state index contributed by atoms with van der Waals surface area (Å²) in [6.07, 6.45) is 4.41. The lowest BCUT2D eigenvalue weighted by atomic mass is 9.88. The highest BCUT2D eigenvalue weighted by Gasteiger charge is 2.50. The zero-order valence-corrected chi connectivity index (χ0v) is 11.7. The van der Waals surface area contributed by atoms with Gasteiger partial charge in [-0.05, 0) is 26.8 Å². The summed E-state index contributed by atoms with van der Waals surface area (Å²) in [6, 6.07) is 0.357. The highest BCUT2D eigenvalue weighted by Crippen LogP contribution is 2.42. The summed E-state index contributed by atoms with van der Waals surface area (Å²) in [5, 5.41) is 0. The summed E-state index contributed by atoms with van der Waals surface area (Å²) in [6.45, 7) is 1.74. The van der Waals surface area contributed by atoms with Crippen LogP contribution >= 0.6 is 12.2 Å². The summed E-state index contributed by atoms with van der Waals surface area (Å²) in [5.41, 5.74) is -0.416. The Bertz CT molecular complexity index is 384. The number of rotatable bonds is 4. The number of thiocarbonyl (C=S) groups is 1. The van der Waals surface area contributed by atoms with Crippen LogP contribution in [0.1, 0.15) is 39.0 Å². The first-order valence-corrected chi connectivity index (χ1v) is 6.76. The maximum Gasteiger partial charge on any atom is 0.311 e. The Morgan fingerprint density at radius 3 is 2.94 bits per heavy atom. The van der Waals surface area contributed by atoms with E-state index < -0.39 is 5.54 Å². The summed E-state index contributed by atoms with van der Waals surface area (Å²) in [5.74, 6) is -0.266. The van der Waals surface area contributed by atoms with E-state index in [1.54, 1.807) is 6.92 Å². The minimum absolute atomic E-state index is 0.138. The predicted octanol–water partition coefficient (Wildman–Crippen LogP) is 1.50. The van der Waals surface area contributed by atoms with Gasteiger partial charge >= 0.3 is 5.97 Å². The Kier molecular flexibility index (Phi) is 3.82. The van der Waals surface area contributed by atoms with Gasteiger partial charge in [-0.2, -0.15) is 0 Å². The Morgan fingerprint density at radius 1 is 1.61 bits per heavy atom. The van der Waals surface area contributed by atoms with Gasteiger partial charge in [-0.3, -0.25) is 9.69 Å².